The Bertz CT molecular complexity index is 1350. The molecule has 4 aromatic rings. The zero-order valence-corrected chi connectivity index (χ0v) is 21.7. The molecule has 5 rings (SSSR count). The number of rotatable bonds is 2. The Morgan fingerprint density at radius 3 is 1.32 bits per heavy atom. The van der Waals surface area contributed by atoms with E-state index in [9.17, 15) is 0 Å². The summed E-state index contributed by atoms with van der Waals surface area (Å²) in [6, 6.07) is 19.8. The summed E-state index contributed by atoms with van der Waals surface area (Å²) in [7, 11) is 0. The monoisotopic (exact) mass is 446 g/mol. The molecule has 0 N–H and O–H groups in total. The molecule has 0 aromatic heterocycles. The third kappa shape index (κ3) is 3.21. The average Bonchev–Trinajstić information content (AvgIpc) is 2.87. The van der Waals surface area contributed by atoms with E-state index in [4.69, 9.17) is 4.74 Å². The predicted octanol–water partition coefficient (Wildman–Crippen LogP) is 9.11. The van der Waals surface area contributed by atoms with Gasteiger partial charge in [0, 0.05) is 17.0 Å². The van der Waals surface area contributed by atoms with Gasteiger partial charge in [-0.2, -0.15) is 0 Å². The number of hydrogen-bond acceptors (Lipinski definition) is 1. The lowest BCUT2D eigenvalue weighted by molar-refractivity contribution is 0.442. The Labute approximate surface area is 204 Å². The van der Waals surface area contributed by atoms with Gasteiger partial charge in [0.25, 0.3) is 0 Å². The second kappa shape index (κ2) is 8.17. The van der Waals surface area contributed by atoms with E-state index in [0.717, 1.165) is 11.5 Å². The maximum absolute atomic E-state index is 6.82. The molecule has 4 aromatic carbocycles. The lowest BCUT2D eigenvalue weighted by atomic mass is 9.74. The van der Waals surface area contributed by atoms with Crippen LogP contribution in [-0.4, -0.2) is 0 Å². The summed E-state index contributed by atoms with van der Waals surface area (Å²) in [6.07, 6.45) is 0. The highest BCUT2D eigenvalue weighted by Crippen LogP contribution is 2.54. The summed E-state index contributed by atoms with van der Waals surface area (Å²) in [5.41, 5.74) is 17.1. The molecule has 0 atom stereocenters. The van der Waals surface area contributed by atoms with E-state index in [0.29, 0.717) is 0 Å². The molecule has 1 heterocycles. The largest absolute Gasteiger partial charge is 0.456 e. The molecule has 172 valence electrons. The van der Waals surface area contributed by atoms with Gasteiger partial charge in [-0.15, -0.1) is 0 Å². The van der Waals surface area contributed by atoms with Crippen LogP contribution in [0.15, 0.2) is 54.6 Å². The number of benzene rings is 4. The van der Waals surface area contributed by atoms with Gasteiger partial charge in [-0.1, -0.05) is 54.6 Å². The molecule has 0 radical (unpaired) electrons. The van der Waals surface area contributed by atoms with Crippen molar-refractivity contribution in [2.75, 3.05) is 0 Å². The molecular weight excluding hydrogens is 412 g/mol. The number of fused-ring (bicyclic) bond motifs is 2. The van der Waals surface area contributed by atoms with Gasteiger partial charge in [-0.25, -0.2) is 0 Å². The van der Waals surface area contributed by atoms with Crippen molar-refractivity contribution in [1.29, 1.82) is 0 Å². The smallest absolute Gasteiger partial charge is 0.135 e. The van der Waals surface area contributed by atoms with Crippen molar-refractivity contribution in [3.8, 4) is 22.6 Å². The fourth-order valence-electron chi connectivity index (χ4n) is 5.65. The van der Waals surface area contributed by atoms with Crippen LogP contribution >= 0.6 is 0 Å². The van der Waals surface area contributed by atoms with Gasteiger partial charge in [0.1, 0.15) is 11.5 Å². The van der Waals surface area contributed by atoms with Crippen molar-refractivity contribution < 1.29 is 4.74 Å². The highest BCUT2D eigenvalue weighted by molar-refractivity contribution is 5.71. The normalized spacial score (nSPS) is 12.8. The molecule has 0 saturated carbocycles. The topological polar surface area (TPSA) is 9.23 Å². The first-order valence-electron chi connectivity index (χ1n) is 12.3. The first kappa shape index (κ1) is 22.5. The maximum Gasteiger partial charge on any atom is 0.135 e. The summed E-state index contributed by atoms with van der Waals surface area (Å²) in [5.74, 6) is 2.26. The predicted molar refractivity (Wildman–Crippen MR) is 144 cm³/mol. The maximum atomic E-state index is 6.82. The fraction of sp³-hybridized carbons (Fsp3) is 0.273. The summed E-state index contributed by atoms with van der Waals surface area (Å²) in [6.45, 7) is 17.9. The zero-order valence-electron chi connectivity index (χ0n) is 21.7. The Hall–Kier alpha value is -3.32. The van der Waals surface area contributed by atoms with E-state index in [2.05, 4.69) is 110 Å². The van der Waals surface area contributed by atoms with Crippen molar-refractivity contribution in [3.63, 3.8) is 0 Å². The van der Waals surface area contributed by atoms with Crippen molar-refractivity contribution >= 4 is 0 Å². The highest BCUT2D eigenvalue weighted by Gasteiger charge is 2.35. The summed E-state index contributed by atoms with van der Waals surface area (Å²) < 4.78 is 6.82. The van der Waals surface area contributed by atoms with E-state index >= 15 is 0 Å². The van der Waals surface area contributed by atoms with Crippen molar-refractivity contribution in [1.82, 2.24) is 0 Å². The molecule has 1 heteroatoms. The van der Waals surface area contributed by atoms with Crippen LogP contribution in [-0.2, 0) is 0 Å². The van der Waals surface area contributed by atoms with Gasteiger partial charge in [0.05, 0.1) is 0 Å². The van der Waals surface area contributed by atoms with Gasteiger partial charge in [0.15, 0.2) is 0 Å². The molecule has 0 unspecified atom stereocenters. The third-order valence-electron chi connectivity index (χ3n) is 8.49. The molecule has 0 bridgehead atoms. The fourth-order valence-corrected chi connectivity index (χ4v) is 5.65. The third-order valence-corrected chi connectivity index (χ3v) is 8.49. The molecule has 1 aliphatic heterocycles. The van der Waals surface area contributed by atoms with E-state index in [1.165, 1.54) is 72.3 Å². The van der Waals surface area contributed by atoms with Gasteiger partial charge >= 0.3 is 0 Å². The second-order valence-corrected chi connectivity index (χ2v) is 10.0. The van der Waals surface area contributed by atoms with E-state index in [1.807, 2.05) is 0 Å². The van der Waals surface area contributed by atoms with Gasteiger partial charge in [-0.3, -0.25) is 0 Å². The molecule has 0 amide bonds. The van der Waals surface area contributed by atoms with Crippen LogP contribution < -0.4 is 4.74 Å². The molecule has 0 spiro atoms. The van der Waals surface area contributed by atoms with Gasteiger partial charge in [0.2, 0.25) is 0 Å². The molecule has 1 nitrogen and oxygen atoms in total. The quantitative estimate of drug-likeness (QED) is 0.263. The van der Waals surface area contributed by atoms with Crippen LogP contribution in [0.2, 0.25) is 0 Å². The highest BCUT2D eigenvalue weighted by atomic mass is 16.5. The molecular formula is C33H34O. The molecule has 0 aliphatic carbocycles. The number of ether oxygens (including phenoxy) is 1. The van der Waals surface area contributed by atoms with Crippen LogP contribution in [0.5, 0.6) is 11.5 Å². The summed E-state index contributed by atoms with van der Waals surface area (Å²) >= 11 is 0. The SMILES string of the molecule is Cc1c(C)c(C)c2c(c1C)Oc1c(C)c(C)c(C)c(C)c1C2c1ccc(-c2ccccc2)cc1. The molecule has 34 heavy (non-hydrogen) atoms. The van der Waals surface area contributed by atoms with Crippen molar-refractivity contribution in [2.45, 2.75) is 61.3 Å². The summed E-state index contributed by atoms with van der Waals surface area (Å²) in [4.78, 5) is 0. The molecule has 1 aliphatic rings. The summed E-state index contributed by atoms with van der Waals surface area (Å²) in [5, 5.41) is 0. The Kier molecular flexibility index (Phi) is 5.40. The number of hydrogen-bond donors (Lipinski definition) is 0. The minimum atomic E-state index is 0.152. The van der Waals surface area contributed by atoms with Crippen LogP contribution in [0.1, 0.15) is 67.1 Å². The molecule has 0 fully saturated rings. The Morgan fingerprint density at radius 1 is 0.441 bits per heavy atom. The van der Waals surface area contributed by atoms with Crippen LogP contribution in [0, 0.1) is 55.4 Å². The Morgan fingerprint density at radius 2 is 0.853 bits per heavy atom. The lowest BCUT2D eigenvalue weighted by Crippen LogP contribution is -2.19. The first-order chi connectivity index (χ1) is 16.2. The minimum Gasteiger partial charge on any atom is -0.456 e. The minimum absolute atomic E-state index is 0.152. The Balaban J connectivity index is 1.81. The lowest BCUT2D eigenvalue weighted by Gasteiger charge is -2.36. The van der Waals surface area contributed by atoms with E-state index < -0.39 is 0 Å². The molecule has 0 saturated heterocycles. The zero-order chi connectivity index (χ0) is 24.3. The van der Waals surface area contributed by atoms with Gasteiger partial charge < -0.3 is 4.74 Å². The second-order valence-electron chi connectivity index (χ2n) is 10.0. The standard InChI is InChI=1S/C33H34O/c1-18-20(3)24(7)32-29(22(18)5)31(30-23(6)19(2)21(4)25(8)33(30)34-32)28-16-14-27(15-17-28)26-12-10-9-11-13-26/h9-17,31H,1-8H3. The van der Waals surface area contributed by atoms with Crippen molar-refractivity contribution in [3.05, 3.63) is 116 Å². The van der Waals surface area contributed by atoms with Crippen LogP contribution in [0.4, 0.5) is 0 Å². The van der Waals surface area contributed by atoms with Crippen LogP contribution in [0.3, 0.4) is 0 Å². The van der Waals surface area contributed by atoms with E-state index in [1.54, 1.807) is 0 Å². The van der Waals surface area contributed by atoms with Crippen LogP contribution in [0.25, 0.3) is 11.1 Å². The average molecular weight is 447 g/mol. The van der Waals surface area contributed by atoms with Gasteiger partial charge in [-0.05, 0) is 117 Å². The van der Waals surface area contributed by atoms with Crippen molar-refractivity contribution in [2.24, 2.45) is 0 Å². The van der Waals surface area contributed by atoms with E-state index in [-0.39, 0.29) is 5.92 Å². The first-order valence-corrected chi connectivity index (χ1v) is 12.3.